The van der Waals surface area contributed by atoms with Crippen LogP contribution in [0.4, 0.5) is 0 Å². The van der Waals surface area contributed by atoms with Gasteiger partial charge in [-0.2, -0.15) is 0 Å². The molecule has 0 bridgehead atoms. The van der Waals surface area contributed by atoms with Crippen molar-refractivity contribution in [3.63, 3.8) is 0 Å². The van der Waals surface area contributed by atoms with Gasteiger partial charge in [-0.3, -0.25) is 14.4 Å². The van der Waals surface area contributed by atoms with E-state index >= 15 is 0 Å². The summed E-state index contributed by atoms with van der Waals surface area (Å²) in [5, 5.41) is 0. The molecule has 2 atom stereocenters. The highest BCUT2D eigenvalue weighted by molar-refractivity contribution is 5.71. The molecule has 0 N–H and O–H groups in total. The first kappa shape index (κ1) is 54.4. The molecule has 0 aromatic carbocycles. The molecule has 6 nitrogen and oxygen atoms in total. The van der Waals surface area contributed by atoms with Gasteiger partial charge in [0.1, 0.15) is 13.2 Å². The third kappa shape index (κ3) is 42.0. The molecule has 0 aliphatic rings. The molecule has 0 radical (unpaired) electrons. The molecule has 6 heteroatoms. The van der Waals surface area contributed by atoms with Crippen LogP contribution >= 0.6 is 0 Å². The Morgan fingerprint density at radius 3 is 1.02 bits per heavy atom. The Hall–Kier alpha value is -1.59. The highest BCUT2D eigenvalue weighted by atomic mass is 16.6. The largest absolute Gasteiger partial charge is 0.462 e. The van der Waals surface area contributed by atoms with Gasteiger partial charge in [0.05, 0.1) is 0 Å². The normalized spacial score (nSPS) is 12.5. The number of rotatable bonds is 44. The van der Waals surface area contributed by atoms with E-state index in [9.17, 15) is 14.4 Å². The van der Waals surface area contributed by atoms with Crippen LogP contribution in [0.1, 0.15) is 272 Å². The van der Waals surface area contributed by atoms with Gasteiger partial charge in [0.15, 0.2) is 6.10 Å². The van der Waals surface area contributed by atoms with Gasteiger partial charge in [-0.1, -0.05) is 234 Å². The molecule has 0 amide bonds. The van der Waals surface area contributed by atoms with Gasteiger partial charge in [-0.25, -0.2) is 0 Å². The van der Waals surface area contributed by atoms with E-state index in [1.54, 1.807) is 0 Å². The van der Waals surface area contributed by atoms with Crippen molar-refractivity contribution >= 4 is 17.9 Å². The Balaban J connectivity index is 4.15. The summed E-state index contributed by atoms with van der Waals surface area (Å²) in [5.41, 5.74) is 0. The van der Waals surface area contributed by atoms with Gasteiger partial charge in [-0.15, -0.1) is 0 Å². The number of carbonyl (C=O) groups excluding carboxylic acids is 3. The predicted octanol–water partition coefficient (Wildman–Crippen LogP) is 15.8. The number of carbonyl (C=O) groups is 3. The van der Waals surface area contributed by atoms with Crippen LogP contribution in [0.2, 0.25) is 0 Å². The average molecular weight is 793 g/mol. The second-order valence-corrected chi connectivity index (χ2v) is 17.8. The van der Waals surface area contributed by atoms with Crippen LogP contribution in [0, 0.1) is 11.8 Å². The highest BCUT2D eigenvalue weighted by Crippen LogP contribution is 2.17. The van der Waals surface area contributed by atoms with Crippen molar-refractivity contribution in [1.29, 1.82) is 0 Å². The summed E-state index contributed by atoms with van der Waals surface area (Å²) >= 11 is 0. The van der Waals surface area contributed by atoms with E-state index in [-0.39, 0.29) is 31.1 Å². The van der Waals surface area contributed by atoms with Gasteiger partial charge < -0.3 is 14.2 Å². The third-order valence-corrected chi connectivity index (χ3v) is 11.6. The predicted molar refractivity (Wildman–Crippen MR) is 238 cm³/mol. The smallest absolute Gasteiger partial charge is 0.306 e. The van der Waals surface area contributed by atoms with Gasteiger partial charge in [0.2, 0.25) is 0 Å². The first-order valence-corrected chi connectivity index (χ1v) is 24.8. The van der Waals surface area contributed by atoms with Crippen LogP contribution in [0.15, 0.2) is 0 Å². The topological polar surface area (TPSA) is 78.9 Å². The van der Waals surface area contributed by atoms with Gasteiger partial charge in [0.25, 0.3) is 0 Å². The molecule has 0 aromatic rings. The van der Waals surface area contributed by atoms with E-state index < -0.39 is 6.10 Å². The quantitative estimate of drug-likeness (QED) is 0.0347. The molecule has 0 heterocycles. The number of ether oxygens (including phenoxy) is 3. The summed E-state index contributed by atoms with van der Waals surface area (Å²) in [5.74, 6) is 0.841. The molecule has 1 unspecified atom stereocenters. The zero-order valence-electron chi connectivity index (χ0n) is 38.3. The van der Waals surface area contributed by atoms with Crippen molar-refractivity contribution in [2.45, 2.75) is 278 Å². The SMILES string of the molecule is CCCCCCCCCC(=O)O[C@@H](COC(=O)CCCCCCCCCCCCCCCCCCC(C)C)COC(=O)CCCCCCCCCCC(C)CC. The minimum Gasteiger partial charge on any atom is -0.462 e. The lowest BCUT2D eigenvalue weighted by Crippen LogP contribution is -2.30. The Labute approximate surface area is 348 Å². The van der Waals surface area contributed by atoms with Crippen LogP contribution in [0.25, 0.3) is 0 Å². The van der Waals surface area contributed by atoms with Crippen LogP contribution in [-0.4, -0.2) is 37.2 Å². The van der Waals surface area contributed by atoms with E-state index in [1.807, 2.05) is 0 Å². The summed E-state index contributed by atoms with van der Waals surface area (Å²) in [6.07, 6.45) is 42.4. The van der Waals surface area contributed by atoms with Crippen LogP contribution in [0.5, 0.6) is 0 Å². The highest BCUT2D eigenvalue weighted by Gasteiger charge is 2.19. The van der Waals surface area contributed by atoms with Crippen LogP contribution in [0.3, 0.4) is 0 Å². The second kappa shape index (κ2) is 43.0. The van der Waals surface area contributed by atoms with E-state index in [0.717, 1.165) is 69.6 Å². The molecule has 0 aromatic heterocycles. The van der Waals surface area contributed by atoms with Crippen molar-refractivity contribution in [3.05, 3.63) is 0 Å². The van der Waals surface area contributed by atoms with Gasteiger partial charge in [-0.05, 0) is 31.1 Å². The summed E-state index contributed by atoms with van der Waals surface area (Å²) < 4.78 is 16.7. The number of unbranched alkanes of at least 4 members (excludes halogenated alkanes) is 28. The van der Waals surface area contributed by atoms with E-state index in [0.29, 0.717) is 19.3 Å². The summed E-state index contributed by atoms with van der Waals surface area (Å²) in [6, 6.07) is 0. The van der Waals surface area contributed by atoms with Crippen molar-refractivity contribution in [1.82, 2.24) is 0 Å². The molecule has 0 saturated carbocycles. The molecule has 0 aliphatic heterocycles. The van der Waals surface area contributed by atoms with E-state index in [1.165, 1.54) is 161 Å². The Kier molecular flexibility index (Phi) is 41.8. The molecular formula is C50H96O6. The fourth-order valence-electron chi connectivity index (χ4n) is 7.43. The zero-order chi connectivity index (χ0) is 41.2. The standard InChI is InChI=1S/C50H96O6/c1-6-8-9-10-23-32-37-42-50(53)56-47(44-55-49(52)41-36-31-27-22-21-25-29-34-39-46(5)7-2)43-54-48(51)40-35-30-26-20-18-16-14-12-11-13-15-17-19-24-28-33-38-45(3)4/h45-47H,6-44H2,1-5H3/t46?,47-/m0/s1. The molecule has 56 heavy (non-hydrogen) atoms. The van der Waals surface area contributed by atoms with Crippen molar-refractivity contribution < 1.29 is 28.6 Å². The van der Waals surface area contributed by atoms with E-state index in [4.69, 9.17) is 14.2 Å². The lowest BCUT2D eigenvalue weighted by molar-refractivity contribution is -0.167. The van der Waals surface area contributed by atoms with Crippen LogP contribution < -0.4 is 0 Å². The molecule has 332 valence electrons. The maximum atomic E-state index is 12.6. The second-order valence-electron chi connectivity index (χ2n) is 17.8. The zero-order valence-corrected chi connectivity index (χ0v) is 38.3. The van der Waals surface area contributed by atoms with E-state index in [2.05, 4.69) is 34.6 Å². The van der Waals surface area contributed by atoms with Gasteiger partial charge >= 0.3 is 17.9 Å². The number of hydrogen-bond donors (Lipinski definition) is 0. The number of hydrogen-bond acceptors (Lipinski definition) is 6. The van der Waals surface area contributed by atoms with Crippen molar-refractivity contribution in [3.8, 4) is 0 Å². The molecule has 0 aliphatic carbocycles. The molecule has 0 rings (SSSR count). The van der Waals surface area contributed by atoms with Gasteiger partial charge in [0, 0.05) is 19.3 Å². The van der Waals surface area contributed by atoms with Crippen molar-refractivity contribution in [2.75, 3.05) is 13.2 Å². The molecule has 0 fully saturated rings. The maximum Gasteiger partial charge on any atom is 0.306 e. The first-order chi connectivity index (χ1) is 27.3. The lowest BCUT2D eigenvalue weighted by Gasteiger charge is -2.18. The molecule has 0 saturated heterocycles. The van der Waals surface area contributed by atoms with Crippen molar-refractivity contribution in [2.24, 2.45) is 11.8 Å². The van der Waals surface area contributed by atoms with Crippen LogP contribution in [-0.2, 0) is 28.6 Å². The summed E-state index contributed by atoms with van der Waals surface area (Å²) in [6.45, 7) is 11.3. The fourth-order valence-corrected chi connectivity index (χ4v) is 7.43. The fraction of sp³-hybridized carbons (Fsp3) is 0.940. The maximum absolute atomic E-state index is 12.6. The third-order valence-electron chi connectivity index (χ3n) is 11.6. The molecular weight excluding hydrogens is 697 g/mol. The Morgan fingerprint density at radius 1 is 0.375 bits per heavy atom. The minimum absolute atomic E-state index is 0.0648. The average Bonchev–Trinajstić information content (AvgIpc) is 3.18. The summed E-state index contributed by atoms with van der Waals surface area (Å²) in [7, 11) is 0. The molecule has 0 spiro atoms. The Morgan fingerprint density at radius 2 is 0.679 bits per heavy atom. The Bertz CT molecular complexity index is 856. The number of esters is 3. The summed E-state index contributed by atoms with van der Waals surface area (Å²) in [4.78, 5) is 37.7. The minimum atomic E-state index is -0.760. The lowest BCUT2D eigenvalue weighted by atomic mass is 9.99. The monoisotopic (exact) mass is 793 g/mol. The first-order valence-electron chi connectivity index (χ1n) is 24.8.